The number of para-hydroxylation sites is 1. The van der Waals surface area contributed by atoms with E-state index < -0.39 is 36.0 Å². The minimum Gasteiger partial charge on any atom is -0.480 e. The number of amides is 3. The zero-order chi connectivity index (χ0) is 23.8. The molecule has 33 heavy (non-hydrogen) atoms. The molecule has 1 heterocycles. The number of likely N-dealkylation sites (tertiary alicyclic amines) is 1. The SMILES string of the molecule is CN(CC(=O)[C@H](Cc1ccccc1)NC(=O)Oc1ccccc1)C(=O)N1CCC[C@H]1C(=O)O. The monoisotopic (exact) mass is 453 g/mol. The van der Waals surface area contributed by atoms with E-state index in [0.29, 0.717) is 25.1 Å². The molecule has 1 fully saturated rings. The van der Waals surface area contributed by atoms with E-state index in [0.717, 1.165) is 5.56 Å². The summed E-state index contributed by atoms with van der Waals surface area (Å²) in [6.07, 6.45) is 0.405. The summed E-state index contributed by atoms with van der Waals surface area (Å²) in [5.41, 5.74) is 0.829. The number of likely N-dealkylation sites (N-methyl/N-ethyl adjacent to an activating group) is 1. The highest BCUT2D eigenvalue weighted by Crippen LogP contribution is 2.19. The number of hydrogen-bond acceptors (Lipinski definition) is 5. The molecule has 2 N–H and O–H groups in total. The Morgan fingerprint density at radius 1 is 1.09 bits per heavy atom. The first-order chi connectivity index (χ1) is 15.8. The van der Waals surface area contributed by atoms with Crippen LogP contribution in [-0.2, 0) is 16.0 Å². The Hall–Kier alpha value is -3.88. The fourth-order valence-corrected chi connectivity index (χ4v) is 3.75. The van der Waals surface area contributed by atoms with Crippen LogP contribution in [0.4, 0.5) is 9.59 Å². The summed E-state index contributed by atoms with van der Waals surface area (Å²) in [6, 6.07) is 15.3. The van der Waals surface area contributed by atoms with Gasteiger partial charge in [0, 0.05) is 13.6 Å². The predicted molar refractivity (Wildman–Crippen MR) is 120 cm³/mol. The molecule has 1 aliphatic heterocycles. The first-order valence-electron chi connectivity index (χ1n) is 10.7. The van der Waals surface area contributed by atoms with E-state index in [1.54, 1.807) is 30.3 Å². The molecular formula is C24H27N3O6. The molecule has 0 unspecified atom stereocenters. The largest absolute Gasteiger partial charge is 0.480 e. The van der Waals surface area contributed by atoms with Gasteiger partial charge in [0.25, 0.3) is 0 Å². The van der Waals surface area contributed by atoms with Gasteiger partial charge in [-0.2, -0.15) is 0 Å². The molecule has 3 rings (SSSR count). The number of nitrogens with one attached hydrogen (secondary N) is 1. The van der Waals surface area contributed by atoms with Gasteiger partial charge in [-0.1, -0.05) is 48.5 Å². The highest BCUT2D eigenvalue weighted by Gasteiger charge is 2.36. The van der Waals surface area contributed by atoms with E-state index in [-0.39, 0.29) is 13.0 Å². The molecule has 2 aromatic carbocycles. The molecule has 9 nitrogen and oxygen atoms in total. The second kappa shape index (κ2) is 11.1. The third kappa shape index (κ3) is 6.55. The van der Waals surface area contributed by atoms with E-state index in [4.69, 9.17) is 4.74 Å². The van der Waals surface area contributed by atoms with Crippen molar-refractivity contribution in [1.82, 2.24) is 15.1 Å². The molecule has 0 spiro atoms. The number of carboxylic acids is 1. The lowest BCUT2D eigenvalue weighted by Crippen LogP contribution is -2.51. The van der Waals surface area contributed by atoms with Gasteiger partial charge in [-0.05, 0) is 37.0 Å². The number of ketones is 1. The fourth-order valence-electron chi connectivity index (χ4n) is 3.75. The summed E-state index contributed by atoms with van der Waals surface area (Å²) in [5, 5.41) is 11.9. The Labute approximate surface area is 191 Å². The molecule has 0 bridgehead atoms. The van der Waals surface area contributed by atoms with Crippen LogP contribution in [0.2, 0.25) is 0 Å². The molecule has 1 saturated heterocycles. The van der Waals surface area contributed by atoms with Crippen molar-refractivity contribution in [3.05, 3.63) is 66.2 Å². The quantitative estimate of drug-likeness (QED) is 0.635. The molecule has 2 aromatic rings. The zero-order valence-corrected chi connectivity index (χ0v) is 18.3. The Morgan fingerprint density at radius 2 is 1.73 bits per heavy atom. The topological polar surface area (TPSA) is 116 Å². The minimum atomic E-state index is -1.06. The number of benzene rings is 2. The molecule has 0 aromatic heterocycles. The number of rotatable bonds is 8. The Morgan fingerprint density at radius 3 is 2.36 bits per heavy atom. The molecule has 3 amide bonds. The van der Waals surface area contributed by atoms with Gasteiger partial charge in [0.05, 0.1) is 12.6 Å². The molecule has 2 atom stereocenters. The van der Waals surface area contributed by atoms with Gasteiger partial charge in [-0.15, -0.1) is 0 Å². The molecule has 0 radical (unpaired) electrons. The van der Waals surface area contributed by atoms with Gasteiger partial charge >= 0.3 is 18.1 Å². The number of carbonyl (C=O) groups is 4. The van der Waals surface area contributed by atoms with Gasteiger partial charge in [-0.3, -0.25) is 4.79 Å². The second-order valence-electron chi connectivity index (χ2n) is 7.88. The molecular weight excluding hydrogens is 426 g/mol. The highest BCUT2D eigenvalue weighted by molar-refractivity contribution is 5.92. The number of carbonyl (C=O) groups excluding carboxylic acids is 3. The van der Waals surface area contributed by atoms with E-state index in [1.807, 2.05) is 30.3 Å². The summed E-state index contributed by atoms with van der Waals surface area (Å²) in [7, 11) is 1.44. The summed E-state index contributed by atoms with van der Waals surface area (Å²) in [5.74, 6) is -1.12. The third-order valence-corrected chi connectivity index (χ3v) is 5.42. The standard InChI is InChI=1S/C24H27N3O6/c1-26(24(32)27-14-8-13-20(27)22(29)30)16-21(28)19(15-17-9-4-2-5-10-17)25-23(31)33-18-11-6-3-7-12-18/h2-7,9-12,19-20H,8,13-16H2,1H3,(H,25,31)(H,29,30)/t19-,20-/m0/s1. The summed E-state index contributed by atoms with van der Waals surface area (Å²) in [6.45, 7) is 0.0359. The third-order valence-electron chi connectivity index (χ3n) is 5.42. The van der Waals surface area contributed by atoms with Crippen LogP contribution in [0.15, 0.2) is 60.7 Å². The van der Waals surface area contributed by atoms with Crippen molar-refractivity contribution < 1.29 is 29.0 Å². The lowest BCUT2D eigenvalue weighted by molar-refractivity contribution is -0.141. The summed E-state index contributed by atoms with van der Waals surface area (Å²) < 4.78 is 5.25. The van der Waals surface area contributed by atoms with Crippen molar-refractivity contribution in [2.75, 3.05) is 20.1 Å². The maximum absolute atomic E-state index is 13.1. The van der Waals surface area contributed by atoms with Crippen LogP contribution < -0.4 is 10.1 Å². The minimum absolute atomic E-state index is 0.215. The van der Waals surface area contributed by atoms with Crippen molar-refractivity contribution in [2.24, 2.45) is 0 Å². The van der Waals surface area contributed by atoms with E-state index >= 15 is 0 Å². The average Bonchev–Trinajstić information content (AvgIpc) is 3.29. The van der Waals surface area contributed by atoms with Crippen LogP contribution in [-0.4, -0.2) is 71.0 Å². The number of carboxylic acid groups (broad SMARTS) is 1. The number of ether oxygens (including phenoxy) is 1. The van der Waals surface area contributed by atoms with Crippen LogP contribution in [0.5, 0.6) is 5.75 Å². The summed E-state index contributed by atoms with van der Waals surface area (Å²) >= 11 is 0. The van der Waals surface area contributed by atoms with E-state index in [2.05, 4.69) is 5.32 Å². The second-order valence-corrected chi connectivity index (χ2v) is 7.88. The number of aliphatic carboxylic acids is 1. The normalized spacial score (nSPS) is 16.0. The number of hydrogen-bond donors (Lipinski definition) is 2. The van der Waals surface area contributed by atoms with Crippen LogP contribution in [0, 0.1) is 0 Å². The van der Waals surface area contributed by atoms with Crippen molar-refractivity contribution in [2.45, 2.75) is 31.3 Å². The lowest BCUT2D eigenvalue weighted by atomic mass is 10.0. The van der Waals surface area contributed by atoms with Gasteiger partial charge in [0.2, 0.25) is 0 Å². The van der Waals surface area contributed by atoms with Crippen LogP contribution >= 0.6 is 0 Å². The van der Waals surface area contributed by atoms with Gasteiger partial charge in [-0.25, -0.2) is 14.4 Å². The molecule has 0 saturated carbocycles. The van der Waals surface area contributed by atoms with Crippen LogP contribution in [0.1, 0.15) is 18.4 Å². The number of Topliss-reactive ketones (excluding diaryl/α,β-unsaturated/α-hetero) is 1. The zero-order valence-electron chi connectivity index (χ0n) is 18.3. The van der Waals surface area contributed by atoms with Crippen molar-refractivity contribution in [3.63, 3.8) is 0 Å². The first kappa shape index (κ1) is 23.8. The van der Waals surface area contributed by atoms with Crippen molar-refractivity contribution in [3.8, 4) is 5.75 Å². The predicted octanol–water partition coefficient (Wildman–Crippen LogP) is 2.56. The van der Waals surface area contributed by atoms with Crippen molar-refractivity contribution >= 4 is 23.9 Å². The van der Waals surface area contributed by atoms with Gasteiger partial charge in [0.1, 0.15) is 11.8 Å². The summed E-state index contributed by atoms with van der Waals surface area (Å²) in [4.78, 5) is 52.1. The van der Waals surface area contributed by atoms with Gasteiger partial charge < -0.3 is 25.0 Å². The molecule has 174 valence electrons. The smallest absolute Gasteiger partial charge is 0.413 e. The van der Waals surface area contributed by atoms with E-state index in [9.17, 15) is 24.3 Å². The fraction of sp³-hybridized carbons (Fsp3) is 0.333. The maximum atomic E-state index is 13.1. The van der Waals surface area contributed by atoms with Crippen LogP contribution in [0.25, 0.3) is 0 Å². The molecule has 0 aliphatic carbocycles. The number of nitrogens with zero attached hydrogens (tertiary/aromatic N) is 2. The molecule has 9 heteroatoms. The first-order valence-corrected chi connectivity index (χ1v) is 10.7. The maximum Gasteiger partial charge on any atom is 0.413 e. The van der Waals surface area contributed by atoms with Crippen LogP contribution in [0.3, 0.4) is 0 Å². The van der Waals surface area contributed by atoms with Gasteiger partial charge in [0.15, 0.2) is 5.78 Å². The number of urea groups is 1. The Bertz CT molecular complexity index is 982. The van der Waals surface area contributed by atoms with E-state index in [1.165, 1.54) is 16.8 Å². The Balaban J connectivity index is 1.68. The van der Waals surface area contributed by atoms with Crippen molar-refractivity contribution in [1.29, 1.82) is 0 Å². The highest BCUT2D eigenvalue weighted by atomic mass is 16.6. The Kier molecular flexibility index (Phi) is 8.01. The molecule has 1 aliphatic rings. The lowest BCUT2D eigenvalue weighted by Gasteiger charge is -2.28. The average molecular weight is 453 g/mol.